The highest BCUT2D eigenvalue weighted by Gasteiger charge is 2.11. The number of para-hydroxylation sites is 1. The van der Waals surface area contributed by atoms with Gasteiger partial charge in [-0.1, -0.05) is 18.2 Å². The summed E-state index contributed by atoms with van der Waals surface area (Å²) in [7, 11) is 0. The topological polar surface area (TPSA) is 22.1 Å². The van der Waals surface area contributed by atoms with Crippen LogP contribution in [0.1, 0.15) is 5.01 Å². The van der Waals surface area contributed by atoms with Crippen LogP contribution < -0.4 is 4.74 Å². The zero-order chi connectivity index (χ0) is 14.7. The monoisotopic (exact) mass is 303 g/mol. The van der Waals surface area contributed by atoms with Crippen LogP contribution in [0.25, 0.3) is 11.3 Å². The average molecular weight is 303 g/mol. The predicted molar refractivity (Wildman–Crippen MR) is 78.2 cm³/mol. The fraction of sp³-hybridized carbons (Fsp3) is 0.0625. The maximum absolute atomic E-state index is 13.7. The van der Waals surface area contributed by atoms with Crippen LogP contribution in [0.15, 0.2) is 53.9 Å². The molecule has 0 spiro atoms. The number of thiazole rings is 1. The van der Waals surface area contributed by atoms with Gasteiger partial charge in [0, 0.05) is 10.9 Å². The number of nitrogens with zero attached hydrogens (tertiary/aromatic N) is 1. The molecule has 0 N–H and O–H groups in total. The minimum atomic E-state index is -0.489. The van der Waals surface area contributed by atoms with Gasteiger partial charge in [0.25, 0.3) is 0 Å². The van der Waals surface area contributed by atoms with Gasteiger partial charge in [0.05, 0.1) is 5.69 Å². The third kappa shape index (κ3) is 3.25. The fourth-order valence-electron chi connectivity index (χ4n) is 1.86. The summed E-state index contributed by atoms with van der Waals surface area (Å²) in [6.07, 6.45) is 0. The van der Waals surface area contributed by atoms with Gasteiger partial charge in [0.15, 0.2) is 0 Å². The molecule has 0 saturated heterocycles. The first-order valence-electron chi connectivity index (χ1n) is 6.30. The fourth-order valence-corrected chi connectivity index (χ4v) is 2.56. The smallest absolute Gasteiger partial charge is 0.140 e. The Morgan fingerprint density at radius 2 is 1.86 bits per heavy atom. The molecule has 0 amide bonds. The molecule has 0 unspecified atom stereocenters. The number of halogens is 2. The third-order valence-electron chi connectivity index (χ3n) is 2.86. The molecule has 0 bridgehead atoms. The van der Waals surface area contributed by atoms with E-state index < -0.39 is 11.6 Å². The quantitative estimate of drug-likeness (QED) is 0.699. The lowest BCUT2D eigenvalue weighted by atomic mass is 10.1. The van der Waals surface area contributed by atoms with Gasteiger partial charge in [-0.15, -0.1) is 11.3 Å². The number of hydrogen-bond donors (Lipinski definition) is 0. The average Bonchev–Trinajstić information content (AvgIpc) is 2.97. The largest absolute Gasteiger partial charge is 0.486 e. The van der Waals surface area contributed by atoms with Crippen LogP contribution in [-0.4, -0.2) is 4.98 Å². The highest BCUT2D eigenvalue weighted by atomic mass is 32.1. The molecule has 0 fully saturated rings. The molecule has 0 saturated carbocycles. The summed E-state index contributed by atoms with van der Waals surface area (Å²) in [5, 5.41) is 2.40. The van der Waals surface area contributed by atoms with Crippen LogP contribution in [0.3, 0.4) is 0 Å². The summed E-state index contributed by atoms with van der Waals surface area (Å²) in [4.78, 5) is 4.28. The molecule has 1 heterocycles. The van der Waals surface area contributed by atoms with Crippen molar-refractivity contribution in [2.45, 2.75) is 6.61 Å². The summed E-state index contributed by atoms with van der Waals surface area (Å²) in [5.74, 6) is -0.232. The number of aromatic nitrogens is 1. The van der Waals surface area contributed by atoms with Gasteiger partial charge in [-0.2, -0.15) is 0 Å². The first-order valence-corrected chi connectivity index (χ1v) is 7.18. The van der Waals surface area contributed by atoms with Crippen molar-refractivity contribution in [1.29, 1.82) is 0 Å². The van der Waals surface area contributed by atoms with Crippen molar-refractivity contribution in [2.24, 2.45) is 0 Å². The van der Waals surface area contributed by atoms with Gasteiger partial charge in [-0.3, -0.25) is 0 Å². The summed E-state index contributed by atoms with van der Waals surface area (Å²) in [6.45, 7) is 0.297. The van der Waals surface area contributed by atoms with Crippen molar-refractivity contribution in [2.75, 3.05) is 0 Å². The Kier molecular flexibility index (Phi) is 3.92. The number of benzene rings is 2. The zero-order valence-corrected chi connectivity index (χ0v) is 11.7. The van der Waals surface area contributed by atoms with Crippen molar-refractivity contribution in [1.82, 2.24) is 4.98 Å². The lowest BCUT2D eigenvalue weighted by Gasteiger charge is -2.03. The Balaban J connectivity index is 1.76. The standard InChI is InChI=1S/C16H11F2NOS/c17-11-6-7-14(18)13(8-11)15-10-21-16(19-15)9-20-12-4-2-1-3-5-12/h1-8,10H,9H2. The second-order valence-electron chi connectivity index (χ2n) is 4.35. The second-order valence-corrected chi connectivity index (χ2v) is 5.30. The number of hydrogen-bond acceptors (Lipinski definition) is 3. The minimum absolute atomic E-state index is 0.164. The molecule has 0 aliphatic heterocycles. The Labute approximate surface area is 124 Å². The first kappa shape index (κ1) is 13.7. The SMILES string of the molecule is Fc1ccc(F)c(-c2csc(COc3ccccc3)n2)c1. The van der Waals surface area contributed by atoms with E-state index in [0.29, 0.717) is 17.3 Å². The van der Waals surface area contributed by atoms with E-state index in [2.05, 4.69) is 4.98 Å². The van der Waals surface area contributed by atoms with E-state index in [4.69, 9.17) is 4.74 Å². The van der Waals surface area contributed by atoms with Crippen LogP contribution in [0.5, 0.6) is 5.75 Å². The van der Waals surface area contributed by atoms with Crippen molar-refractivity contribution in [3.8, 4) is 17.0 Å². The van der Waals surface area contributed by atoms with Crippen molar-refractivity contribution in [3.63, 3.8) is 0 Å². The molecule has 0 aliphatic rings. The van der Waals surface area contributed by atoms with E-state index in [1.807, 2.05) is 30.3 Å². The van der Waals surface area contributed by atoms with E-state index in [1.165, 1.54) is 11.3 Å². The van der Waals surface area contributed by atoms with E-state index in [1.54, 1.807) is 5.38 Å². The van der Waals surface area contributed by atoms with E-state index >= 15 is 0 Å². The molecule has 21 heavy (non-hydrogen) atoms. The van der Waals surface area contributed by atoms with Gasteiger partial charge >= 0.3 is 0 Å². The lowest BCUT2D eigenvalue weighted by molar-refractivity contribution is 0.305. The number of rotatable bonds is 4. The van der Waals surface area contributed by atoms with E-state index in [9.17, 15) is 8.78 Å². The summed E-state index contributed by atoms with van der Waals surface area (Å²) in [6, 6.07) is 12.7. The minimum Gasteiger partial charge on any atom is -0.486 e. The normalized spacial score (nSPS) is 10.6. The Bertz CT molecular complexity index is 743. The summed E-state index contributed by atoms with van der Waals surface area (Å²) >= 11 is 1.35. The Morgan fingerprint density at radius 1 is 1.05 bits per heavy atom. The van der Waals surface area contributed by atoms with Gasteiger partial charge in [0.2, 0.25) is 0 Å². The Morgan fingerprint density at radius 3 is 2.67 bits per heavy atom. The molecular formula is C16H11F2NOS. The van der Waals surface area contributed by atoms with Crippen molar-refractivity contribution >= 4 is 11.3 Å². The van der Waals surface area contributed by atoms with Gasteiger partial charge in [0.1, 0.15) is 29.0 Å². The molecular weight excluding hydrogens is 292 g/mol. The zero-order valence-electron chi connectivity index (χ0n) is 10.9. The van der Waals surface area contributed by atoms with E-state index in [-0.39, 0.29) is 5.56 Å². The van der Waals surface area contributed by atoms with Gasteiger partial charge in [-0.05, 0) is 30.3 Å². The van der Waals surface area contributed by atoms with E-state index in [0.717, 1.165) is 23.9 Å². The maximum Gasteiger partial charge on any atom is 0.140 e. The van der Waals surface area contributed by atoms with Crippen LogP contribution >= 0.6 is 11.3 Å². The summed E-state index contributed by atoms with van der Waals surface area (Å²) in [5.41, 5.74) is 0.584. The summed E-state index contributed by atoms with van der Waals surface area (Å²) < 4.78 is 32.5. The molecule has 2 aromatic carbocycles. The highest BCUT2D eigenvalue weighted by molar-refractivity contribution is 7.09. The molecule has 5 heteroatoms. The van der Waals surface area contributed by atoms with Gasteiger partial charge in [-0.25, -0.2) is 13.8 Å². The number of ether oxygens (including phenoxy) is 1. The van der Waals surface area contributed by atoms with Crippen LogP contribution in [0.4, 0.5) is 8.78 Å². The molecule has 3 rings (SSSR count). The van der Waals surface area contributed by atoms with Crippen molar-refractivity contribution in [3.05, 3.63) is 70.6 Å². The van der Waals surface area contributed by atoms with Gasteiger partial charge < -0.3 is 4.74 Å². The molecule has 0 aliphatic carbocycles. The first-order chi connectivity index (χ1) is 10.2. The van der Waals surface area contributed by atoms with Crippen molar-refractivity contribution < 1.29 is 13.5 Å². The molecule has 106 valence electrons. The second kappa shape index (κ2) is 6.01. The highest BCUT2D eigenvalue weighted by Crippen LogP contribution is 2.26. The maximum atomic E-state index is 13.7. The third-order valence-corrected chi connectivity index (χ3v) is 3.68. The molecule has 0 radical (unpaired) electrons. The predicted octanol–water partition coefficient (Wildman–Crippen LogP) is 4.67. The molecule has 2 nitrogen and oxygen atoms in total. The Hall–Kier alpha value is -2.27. The molecule has 1 aromatic heterocycles. The molecule has 0 atom stereocenters. The van der Waals surface area contributed by atoms with Crippen LogP contribution in [0.2, 0.25) is 0 Å². The van der Waals surface area contributed by atoms with Crippen LogP contribution in [0, 0.1) is 11.6 Å². The van der Waals surface area contributed by atoms with Crippen LogP contribution in [-0.2, 0) is 6.61 Å². The lowest BCUT2D eigenvalue weighted by Crippen LogP contribution is -1.95. The molecule has 3 aromatic rings.